The standard InChI is InChI=1S/C25H28N6/c1-18-8-7-11-22(14-18)30-13-12-29(16-19(30)2)24-23(15-21-9-5-4-6-10-21)20(3)28-25-26-17-27-31(24)25/h4-11,14,17,19H,12-13,15-16H2,1-3H3. The molecule has 1 unspecified atom stereocenters. The highest BCUT2D eigenvalue weighted by molar-refractivity contribution is 5.58. The van der Waals surface area contributed by atoms with Gasteiger partial charge >= 0.3 is 0 Å². The van der Waals surface area contributed by atoms with E-state index in [2.05, 4.69) is 95.3 Å². The van der Waals surface area contributed by atoms with Crippen LogP contribution in [0.3, 0.4) is 0 Å². The Kier molecular flexibility index (Phi) is 5.06. The minimum absolute atomic E-state index is 0.382. The van der Waals surface area contributed by atoms with Crippen molar-refractivity contribution in [2.75, 3.05) is 29.4 Å². The Labute approximate surface area is 183 Å². The second kappa shape index (κ2) is 8.02. The van der Waals surface area contributed by atoms with Crippen LogP contribution in [-0.4, -0.2) is 45.3 Å². The molecule has 158 valence electrons. The van der Waals surface area contributed by atoms with Gasteiger partial charge in [0.25, 0.3) is 5.78 Å². The Balaban J connectivity index is 1.51. The molecule has 1 atom stereocenters. The van der Waals surface area contributed by atoms with Crippen molar-refractivity contribution >= 4 is 17.3 Å². The van der Waals surface area contributed by atoms with Gasteiger partial charge in [-0.05, 0) is 44.0 Å². The van der Waals surface area contributed by atoms with Crippen LogP contribution in [0.1, 0.15) is 29.3 Å². The average Bonchev–Trinajstić information content (AvgIpc) is 3.22. The minimum atomic E-state index is 0.382. The third-order valence-electron chi connectivity index (χ3n) is 6.19. The zero-order chi connectivity index (χ0) is 21.4. The van der Waals surface area contributed by atoms with Crippen LogP contribution < -0.4 is 9.80 Å². The average molecular weight is 413 g/mol. The summed E-state index contributed by atoms with van der Waals surface area (Å²) in [5.74, 6) is 1.79. The van der Waals surface area contributed by atoms with E-state index in [1.807, 2.05) is 4.52 Å². The summed E-state index contributed by atoms with van der Waals surface area (Å²) in [6, 6.07) is 19.8. The van der Waals surface area contributed by atoms with Crippen LogP contribution in [0, 0.1) is 13.8 Å². The number of aromatic nitrogens is 4. The summed E-state index contributed by atoms with van der Waals surface area (Å²) < 4.78 is 1.92. The molecule has 2 aromatic heterocycles. The van der Waals surface area contributed by atoms with E-state index in [-0.39, 0.29) is 0 Å². The first kappa shape index (κ1) is 19.5. The van der Waals surface area contributed by atoms with Gasteiger partial charge in [-0.3, -0.25) is 0 Å². The lowest BCUT2D eigenvalue weighted by molar-refractivity contribution is 0.541. The van der Waals surface area contributed by atoms with E-state index in [1.165, 1.54) is 22.4 Å². The van der Waals surface area contributed by atoms with Crippen molar-refractivity contribution in [3.8, 4) is 0 Å². The number of benzene rings is 2. The number of aryl methyl sites for hydroxylation is 2. The van der Waals surface area contributed by atoms with Crippen LogP contribution in [0.25, 0.3) is 5.78 Å². The second-order valence-electron chi connectivity index (χ2n) is 8.46. The van der Waals surface area contributed by atoms with Crippen LogP contribution in [-0.2, 0) is 6.42 Å². The van der Waals surface area contributed by atoms with E-state index in [1.54, 1.807) is 6.33 Å². The summed E-state index contributed by atoms with van der Waals surface area (Å²) in [5.41, 5.74) is 6.12. The molecule has 6 heteroatoms. The van der Waals surface area contributed by atoms with E-state index in [4.69, 9.17) is 4.98 Å². The first-order valence-corrected chi connectivity index (χ1v) is 10.9. The van der Waals surface area contributed by atoms with E-state index < -0.39 is 0 Å². The van der Waals surface area contributed by atoms with Gasteiger partial charge in [0, 0.05) is 49.0 Å². The molecule has 0 aliphatic carbocycles. The van der Waals surface area contributed by atoms with Crippen LogP contribution in [0.4, 0.5) is 11.5 Å². The van der Waals surface area contributed by atoms with Crippen LogP contribution in [0.2, 0.25) is 0 Å². The van der Waals surface area contributed by atoms with Gasteiger partial charge in [0.2, 0.25) is 0 Å². The largest absolute Gasteiger partial charge is 0.365 e. The molecule has 6 nitrogen and oxygen atoms in total. The fraction of sp³-hybridized carbons (Fsp3) is 0.320. The fourth-order valence-electron chi connectivity index (χ4n) is 4.64. The third kappa shape index (κ3) is 3.74. The van der Waals surface area contributed by atoms with Gasteiger partial charge in [0.15, 0.2) is 0 Å². The highest BCUT2D eigenvalue weighted by Crippen LogP contribution is 2.30. The maximum Gasteiger partial charge on any atom is 0.254 e. The lowest BCUT2D eigenvalue weighted by Gasteiger charge is -2.42. The number of nitrogens with zero attached hydrogens (tertiary/aromatic N) is 6. The minimum Gasteiger partial charge on any atom is -0.365 e. The van der Waals surface area contributed by atoms with Crippen LogP contribution >= 0.6 is 0 Å². The van der Waals surface area contributed by atoms with Gasteiger partial charge in [0.1, 0.15) is 12.1 Å². The normalized spacial score (nSPS) is 16.8. The number of hydrogen-bond acceptors (Lipinski definition) is 5. The number of piperazine rings is 1. The molecule has 4 aromatic rings. The first-order valence-electron chi connectivity index (χ1n) is 10.9. The molecular formula is C25H28N6. The lowest BCUT2D eigenvalue weighted by atomic mass is 10.0. The molecule has 5 rings (SSSR count). The number of fused-ring (bicyclic) bond motifs is 1. The van der Waals surface area contributed by atoms with Gasteiger partial charge < -0.3 is 9.80 Å². The molecule has 0 spiro atoms. The van der Waals surface area contributed by atoms with Crippen molar-refractivity contribution in [2.24, 2.45) is 0 Å². The molecule has 31 heavy (non-hydrogen) atoms. The maximum atomic E-state index is 4.73. The SMILES string of the molecule is Cc1cccc(N2CCN(c3c(Cc4ccccc4)c(C)nc4ncnn34)CC2C)c1. The summed E-state index contributed by atoms with van der Waals surface area (Å²) in [6.45, 7) is 9.36. The fourth-order valence-corrected chi connectivity index (χ4v) is 4.64. The number of hydrogen-bond donors (Lipinski definition) is 0. The molecule has 1 fully saturated rings. The Bertz CT molecular complexity index is 1200. The van der Waals surface area contributed by atoms with Crippen molar-refractivity contribution in [1.29, 1.82) is 0 Å². The molecule has 2 aromatic carbocycles. The smallest absolute Gasteiger partial charge is 0.254 e. The van der Waals surface area contributed by atoms with Crippen molar-refractivity contribution in [1.82, 2.24) is 19.6 Å². The zero-order valence-electron chi connectivity index (χ0n) is 18.4. The Hall–Kier alpha value is -3.41. The van der Waals surface area contributed by atoms with E-state index in [9.17, 15) is 0 Å². The molecule has 1 saturated heterocycles. The van der Waals surface area contributed by atoms with E-state index in [0.29, 0.717) is 11.8 Å². The predicted octanol–water partition coefficient (Wildman–Crippen LogP) is 4.05. The zero-order valence-corrected chi connectivity index (χ0v) is 18.4. The predicted molar refractivity (Wildman–Crippen MR) is 125 cm³/mol. The quantitative estimate of drug-likeness (QED) is 0.506. The Morgan fingerprint density at radius 1 is 1.00 bits per heavy atom. The van der Waals surface area contributed by atoms with E-state index >= 15 is 0 Å². The molecule has 1 aliphatic heterocycles. The van der Waals surface area contributed by atoms with Crippen LogP contribution in [0.15, 0.2) is 60.9 Å². The van der Waals surface area contributed by atoms with E-state index in [0.717, 1.165) is 37.6 Å². The second-order valence-corrected chi connectivity index (χ2v) is 8.46. The highest BCUT2D eigenvalue weighted by Gasteiger charge is 2.28. The molecule has 0 radical (unpaired) electrons. The first-order chi connectivity index (χ1) is 15.1. The third-order valence-corrected chi connectivity index (χ3v) is 6.19. The van der Waals surface area contributed by atoms with Gasteiger partial charge in [0.05, 0.1) is 0 Å². The van der Waals surface area contributed by atoms with Gasteiger partial charge in [-0.2, -0.15) is 14.6 Å². The molecule has 0 saturated carbocycles. The molecule has 0 N–H and O–H groups in total. The van der Waals surface area contributed by atoms with Crippen molar-refractivity contribution in [2.45, 2.75) is 33.2 Å². The molecule has 0 amide bonds. The summed E-state index contributed by atoms with van der Waals surface area (Å²) in [4.78, 5) is 14.1. The summed E-state index contributed by atoms with van der Waals surface area (Å²) >= 11 is 0. The lowest BCUT2D eigenvalue weighted by Crippen LogP contribution is -2.53. The number of rotatable bonds is 4. The van der Waals surface area contributed by atoms with Crippen molar-refractivity contribution < 1.29 is 0 Å². The maximum absolute atomic E-state index is 4.73. The summed E-state index contributed by atoms with van der Waals surface area (Å²) in [7, 11) is 0. The molecule has 0 bridgehead atoms. The van der Waals surface area contributed by atoms with Crippen molar-refractivity contribution in [3.63, 3.8) is 0 Å². The van der Waals surface area contributed by atoms with Gasteiger partial charge in [-0.1, -0.05) is 42.5 Å². The topological polar surface area (TPSA) is 49.6 Å². The Morgan fingerprint density at radius 3 is 2.61 bits per heavy atom. The highest BCUT2D eigenvalue weighted by atomic mass is 15.4. The number of anilines is 2. The monoisotopic (exact) mass is 412 g/mol. The molecule has 1 aliphatic rings. The van der Waals surface area contributed by atoms with Crippen molar-refractivity contribution in [3.05, 3.63) is 83.3 Å². The van der Waals surface area contributed by atoms with Crippen LogP contribution in [0.5, 0.6) is 0 Å². The Morgan fingerprint density at radius 2 is 1.84 bits per heavy atom. The van der Waals surface area contributed by atoms with Gasteiger partial charge in [-0.15, -0.1) is 0 Å². The summed E-state index contributed by atoms with van der Waals surface area (Å²) in [6.07, 6.45) is 2.43. The summed E-state index contributed by atoms with van der Waals surface area (Å²) in [5, 5.41) is 4.54. The molecule has 3 heterocycles. The van der Waals surface area contributed by atoms with Gasteiger partial charge in [-0.25, -0.2) is 4.98 Å². The molecular weight excluding hydrogens is 384 g/mol.